The second-order valence-electron chi connectivity index (χ2n) is 5.55. The third kappa shape index (κ3) is 2.30. The van der Waals surface area contributed by atoms with E-state index in [0.717, 1.165) is 6.54 Å². The van der Waals surface area contributed by atoms with E-state index in [9.17, 15) is 0 Å². The molecule has 3 heteroatoms. The van der Waals surface area contributed by atoms with Gasteiger partial charge in [0.2, 0.25) is 0 Å². The van der Waals surface area contributed by atoms with Crippen molar-refractivity contribution in [1.82, 2.24) is 15.1 Å². The van der Waals surface area contributed by atoms with Crippen LogP contribution in [0, 0.1) is 13.8 Å². The van der Waals surface area contributed by atoms with Gasteiger partial charge < -0.3 is 5.32 Å². The Morgan fingerprint density at radius 2 is 2.11 bits per heavy atom. The van der Waals surface area contributed by atoms with Gasteiger partial charge in [-0.3, -0.25) is 4.68 Å². The molecule has 19 heavy (non-hydrogen) atoms. The van der Waals surface area contributed by atoms with Crippen molar-refractivity contribution in [2.45, 2.75) is 32.7 Å². The van der Waals surface area contributed by atoms with Gasteiger partial charge in [0.05, 0.1) is 17.4 Å². The number of aryl methyl sites for hydroxylation is 3. The molecule has 1 aromatic heterocycles. The Morgan fingerprint density at radius 1 is 1.26 bits per heavy atom. The molecule has 0 spiro atoms. The highest BCUT2D eigenvalue weighted by molar-refractivity contribution is 5.64. The highest BCUT2D eigenvalue weighted by Crippen LogP contribution is 2.29. The van der Waals surface area contributed by atoms with E-state index in [1.807, 2.05) is 11.7 Å². The average molecular weight is 255 g/mol. The fraction of sp³-hybridized carbons (Fsp3) is 0.438. The lowest BCUT2D eigenvalue weighted by atomic mass is 10.0. The number of rotatable bonds is 2. The monoisotopic (exact) mass is 255 g/mol. The van der Waals surface area contributed by atoms with E-state index in [2.05, 4.69) is 48.5 Å². The number of nitrogens with one attached hydrogen (secondary N) is 1. The lowest BCUT2D eigenvalue weighted by molar-refractivity contribution is 0.607. The minimum absolute atomic E-state index is 0.436. The zero-order chi connectivity index (χ0) is 13.4. The van der Waals surface area contributed by atoms with Crippen LogP contribution < -0.4 is 5.32 Å². The van der Waals surface area contributed by atoms with Gasteiger partial charge in [-0.15, -0.1) is 0 Å². The molecule has 0 amide bonds. The Morgan fingerprint density at radius 3 is 2.79 bits per heavy atom. The molecule has 2 aromatic rings. The highest BCUT2D eigenvalue weighted by Gasteiger charge is 2.20. The van der Waals surface area contributed by atoms with E-state index in [-0.39, 0.29) is 0 Å². The van der Waals surface area contributed by atoms with Crippen LogP contribution in [0.15, 0.2) is 24.3 Å². The smallest absolute Gasteiger partial charge is 0.0800 e. The van der Waals surface area contributed by atoms with Crippen molar-refractivity contribution in [3.8, 4) is 11.3 Å². The highest BCUT2D eigenvalue weighted by atomic mass is 15.3. The zero-order valence-corrected chi connectivity index (χ0v) is 11.9. The molecule has 2 heterocycles. The van der Waals surface area contributed by atoms with Crippen LogP contribution in [0.25, 0.3) is 11.3 Å². The van der Waals surface area contributed by atoms with Gasteiger partial charge in [0.15, 0.2) is 0 Å². The fourth-order valence-corrected chi connectivity index (χ4v) is 2.95. The molecule has 1 N–H and O–H groups in total. The van der Waals surface area contributed by atoms with Gasteiger partial charge in [-0.25, -0.2) is 0 Å². The van der Waals surface area contributed by atoms with E-state index in [0.29, 0.717) is 6.04 Å². The maximum atomic E-state index is 4.69. The minimum Gasteiger partial charge on any atom is -0.309 e. The number of hydrogen-bond acceptors (Lipinski definition) is 2. The number of aromatic nitrogens is 2. The van der Waals surface area contributed by atoms with E-state index in [1.165, 1.54) is 40.9 Å². The van der Waals surface area contributed by atoms with Crippen LogP contribution in [0.4, 0.5) is 0 Å². The molecular formula is C16H21N3. The van der Waals surface area contributed by atoms with Gasteiger partial charge in [0.25, 0.3) is 0 Å². The van der Waals surface area contributed by atoms with Crippen molar-refractivity contribution in [2.75, 3.05) is 6.54 Å². The molecule has 1 saturated heterocycles. The molecule has 0 saturated carbocycles. The molecule has 3 rings (SSSR count). The summed E-state index contributed by atoms with van der Waals surface area (Å²) in [7, 11) is 2.03. The molecule has 1 unspecified atom stereocenters. The van der Waals surface area contributed by atoms with Crippen molar-refractivity contribution in [2.24, 2.45) is 7.05 Å². The molecule has 0 bridgehead atoms. The Labute approximate surface area is 114 Å². The summed E-state index contributed by atoms with van der Waals surface area (Å²) < 4.78 is 2.01. The van der Waals surface area contributed by atoms with Crippen LogP contribution in [0.1, 0.15) is 35.7 Å². The molecule has 100 valence electrons. The van der Waals surface area contributed by atoms with E-state index in [4.69, 9.17) is 0 Å². The molecule has 1 aromatic carbocycles. The summed E-state index contributed by atoms with van der Waals surface area (Å²) >= 11 is 0. The maximum absolute atomic E-state index is 4.69. The Balaban J connectivity index is 2.00. The quantitative estimate of drug-likeness (QED) is 0.893. The Bertz CT molecular complexity index is 592. The first kappa shape index (κ1) is 12.4. The van der Waals surface area contributed by atoms with Gasteiger partial charge in [0.1, 0.15) is 0 Å². The van der Waals surface area contributed by atoms with Crippen molar-refractivity contribution in [1.29, 1.82) is 0 Å². The number of hydrogen-bond donors (Lipinski definition) is 1. The van der Waals surface area contributed by atoms with Crippen LogP contribution in [0.5, 0.6) is 0 Å². The lowest BCUT2D eigenvalue weighted by Crippen LogP contribution is -2.13. The first-order valence-electron chi connectivity index (χ1n) is 7.00. The lowest BCUT2D eigenvalue weighted by Gasteiger charge is -2.06. The topological polar surface area (TPSA) is 29.9 Å². The molecule has 3 nitrogen and oxygen atoms in total. The second kappa shape index (κ2) is 4.82. The van der Waals surface area contributed by atoms with Crippen LogP contribution in [-0.2, 0) is 7.05 Å². The summed E-state index contributed by atoms with van der Waals surface area (Å²) in [6, 6.07) is 9.28. The molecule has 1 fully saturated rings. The summed E-state index contributed by atoms with van der Waals surface area (Å²) in [5.41, 5.74) is 6.29. The molecule has 1 aliphatic rings. The molecule has 1 atom stereocenters. The first-order valence-corrected chi connectivity index (χ1v) is 7.00. The van der Waals surface area contributed by atoms with Gasteiger partial charge >= 0.3 is 0 Å². The molecule has 0 radical (unpaired) electrons. The predicted octanol–water partition coefficient (Wildman–Crippen LogP) is 3.13. The standard InChI is InChI=1S/C16H21N3/c1-11-6-7-13(12(2)9-11)16-10-15(18-19(16)3)14-5-4-8-17-14/h6-7,9-10,14,17H,4-5,8H2,1-3H3. The normalized spacial score (nSPS) is 19.0. The van der Waals surface area contributed by atoms with Gasteiger partial charge in [0, 0.05) is 12.6 Å². The summed E-state index contributed by atoms with van der Waals surface area (Å²) in [5.74, 6) is 0. The second-order valence-corrected chi connectivity index (χ2v) is 5.55. The molecule has 1 aliphatic heterocycles. The fourth-order valence-electron chi connectivity index (χ4n) is 2.95. The van der Waals surface area contributed by atoms with Crippen LogP contribution >= 0.6 is 0 Å². The summed E-state index contributed by atoms with van der Waals surface area (Å²) in [5, 5.41) is 8.20. The van der Waals surface area contributed by atoms with Crippen molar-refractivity contribution in [3.05, 3.63) is 41.1 Å². The van der Waals surface area contributed by atoms with E-state index < -0.39 is 0 Å². The minimum atomic E-state index is 0.436. The third-order valence-corrected chi connectivity index (χ3v) is 3.97. The summed E-state index contributed by atoms with van der Waals surface area (Å²) in [4.78, 5) is 0. The summed E-state index contributed by atoms with van der Waals surface area (Å²) in [6.45, 7) is 5.41. The van der Waals surface area contributed by atoms with Crippen molar-refractivity contribution >= 4 is 0 Å². The zero-order valence-electron chi connectivity index (χ0n) is 11.9. The molecular weight excluding hydrogens is 234 g/mol. The van der Waals surface area contributed by atoms with Crippen LogP contribution in [-0.4, -0.2) is 16.3 Å². The van der Waals surface area contributed by atoms with Crippen molar-refractivity contribution < 1.29 is 0 Å². The van der Waals surface area contributed by atoms with Gasteiger partial charge in [-0.2, -0.15) is 5.10 Å². The van der Waals surface area contributed by atoms with E-state index in [1.54, 1.807) is 0 Å². The van der Waals surface area contributed by atoms with Crippen LogP contribution in [0.3, 0.4) is 0 Å². The van der Waals surface area contributed by atoms with E-state index >= 15 is 0 Å². The van der Waals surface area contributed by atoms with Gasteiger partial charge in [-0.1, -0.05) is 23.8 Å². The third-order valence-electron chi connectivity index (χ3n) is 3.97. The molecule has 0 aliphatic carbocycles. The Kier molecular flexibility index (Phi) is 3.15. The Hall–Kier alpha value is -1.61. The van der Waals surface area contributed by atoms with Gasteiger partial charge in [-0.05, 0) is 44.9 Å². The number of benzene rings is 1. The average Bonchev–Trinajstić information content (AvgIpc) is 2.98. The van der Waals surface area contributed by atoms with Crippen LogP contribution in [0.2, 0.25) is 0 Å². The maximum Gasteiger partial charge on any atom is 0.0800 e. The SMILES string of the molecule is Cc1ccc(-c2cc(C3CCCN3)nn2C)c(C)c1. The largest absolute Gasteiger partial charge is 0.309 e. The van der Waals surface area contributed by atoms with Crippen molar-refractivity contribution in [3.63, 3.8) is 0 Å². The predicted molar refractivity (Wildman–Crippen MR) is 78.1 cm³/mol. The summed E-state index contributed by atoms with van der Waals surface area (Å²) in [6.07, 6.45) is 2.45. The first-order chi connectivity index (χ1) is 9.15. The number of nitrogens with zero attached hydrogens (tertiary/aromatic N) is 2.